The van der Waals surface area contributed by atoms with Gasteiger partial charge in [0.15, 0.2) is 0 Å². The van der Waals surface area contributed by atoms with E-state index in [4.69, 9.17) is 5.73 Å². The van der Waals surface area contributed by atoms with Crippen molar-refractivity contribution in [2.45, 2.75) is 45.2 Å². The zero-order chi connectivity index (χ0) is 12.1. The van der Waals surface area contributed by atoms with Crippen LogP contribution in [-0.2, 0) is 0 Å². The SMILES string of the molecule is CCC(N)CCCN1CC(C)C(N(C)C)C1. The molecule has 2 N–H and O–H groups in total. The highest BCUT2D eigenvalue weighted by Gasteiger charge is 2.30. The topological polar surface area (TPSA) is 32.5 Å². The third-order valence-corrected chi connectivity index (χ3v) is 3.89. The van der Waals surface area contributed by atoms with Crippen LogP contribution in [0.3, 0.4) is 0 Å². The van der Waals surface area contributed by atoms with E-state index in [0.29, 0.717) is 6.04 Å². The number of nitrogens with zero attached hydrogens (tertiary/aromatic N) is 2. The van der Waals surface area contributed by atoms with Gasteiger partial charge in [-0.1, -0.05) is 13.8 Å². The van der Waals surface area contributed by atoms with E-state index in [1.54, 1.807) is 0 Å². The summed E-state index contributed by atoms with van der Waals surface area (Å²) in [5.41, 5.74) is 5.93. The third-order valence-electron chi connectivity index (χ3n) is 3.89. The molecule has 0 amide bonds. The van der Waals surface area contributed by atoms with E-state index in [9.17, 15) is 0 Å². The highest BCUT2D eigenvalue weighted by atomic mass is 15.2. The van der Waals surface area contributed by atoms with Crippen LogP contribution in [0, 0.1) is 5.92 Å². The molecule has 96 valence electrons. The summed E-state index contributed by atoms with van der Waals surface area (Å²) in [5.74, 6) is 0.801. The average molecular weight is 227 g/mol. The molecular weight excluding hydrogens is 198 g/mol. The van der Waals surface area contributed by atoms with Crippen LogP contribution in [-0.4, -0.2) is 55.6 Å². The van der Waals surface area contributed by atoms with Crippen molar-refractivity contribution in [1.82, 2.24) is 9.80 Å². The molecule has 1 aliphatic rings. The Kier molecular flexibility index (Phi) is 5.73. The van der Waals surface area contributed by atoms with Crippen LogP contribution < -0.4 is 5.73 Å². The van der Waals surface area contributed by atoms with Gasteiger partial charge in [0.05, 0.1) is 0 Å². The highest BCUT2D eigenvalue weighted by Crippen LogP contribution is 2.20. The molecule has 3 nitrogen and oxygen atoms in total. The first-order valence-electron chi connectivity index (χ1n) is 6.69. The fourth-order valence-electron chi connectivity index (χ4n) is 2.68. The summed E-state index contributed by atoms with van der Waals surface area (Å²) >= 11 is 0. The van der Waals surface area contributed by atoms with Crippen molar-refractivity contribution in [2.24, 2.45) is 11.7 Å². The van der Waals surface area contributed by atoms with Crippen molar-refractivity contribution in [1.29, 1.82) is 0 Å². The lowest BCUT2D eigenvalue weighted by Gasteiger charge is -2.22. The van der Waals surface area contributed by atoms with Crippen LogP contribution in [0.4, 0.5) is 0 Å². The fraction of sp³-hybridized carbons (Fsp3) is 1.00. The first-order valence-corrected chi connectivity index (χ1v) is 6.69. The van der Waals surface area contributed by atoms with Crippen LogP contribution in [0.1, 0.15) is 33.1 Å². The zero-order valence-corrected chi connectivity index (χ0v) is 11.4. The quantitative estimate of drug-likeness (QED) is 0.744. The number of rotatable bonds is 6. The van der Waals surface area contributed by atoms with Crippen LogP contribution in [0.2, 0.25) is 0 Å². The highest BCUT2D eigenvalue weighted by molar-refractivity contribution is 4.86. The molecule has 1 saturated heterocycles. The van der Waals surface area contributed by atoms with Crippen molar-refractivity contribution >= 4 is 0 Å². The summed E-state index contributed by atoms with van der Waals surface area (Å²) < 4.78 is 0. The summed E-state index contributed by atoms with van der Waals surface area (Å²) in [7, 11) is 4.38. The Balaban J connectivity index is 2.20. The van der Waals surface area contributed by atoms with E-state index in [-0.39, 0.29) is 0 Å². The second-order valence-electron chi connectivity index (χ2n) is 5.58. The van der Waals surface area contributed by atoms with Crippen molar-refractivity contribution in [3.8, 4) is 0 Å². The van der Waals surface area contributed by atoms with Gasteiger partial charge in [-0.15, -0.1) is 0 Å². The minimum absolute atomic E-state index is 0.407. The van der Waals surface area contributed by atoms with E-state index in [0.717, 1.165) is 18.4 Å². The van der Waals surface area contributed by atoms with Crippen molar-refractivity contribution in [2.75, 3.05) is 33.7 Å². The van der Waals surface area contributed by atoms with Crippen molar-refractivity contribution < 1.29 is 0 Å². The molecule has 0 bridgehead atoms. The molecule has 16 heavy (non-hydrogen) atoms. The van der Waals surface area contributed by atoms with E-state index in [1.807, 2.05) is 0 Å². The molecule has 1 fully saturated rings. The molecule has 0 saturated carbocycles. The normalized spacial score (nSPS) is 28.9. The average Bonchev–Trinajstić information content (AvgIpc) is 2.59. The smallest absolute Gasteiger partial charge is 0.0254 e. The second kappa shape index (κ2) is 6.58. The van der Waals surface area contributed by atoms with Gasteiger partial charge in [0.2, 0.25) is 0 Å². The van der Waals surface area contributed by atoms with Crippen molar-refractivity contribution in [3.63, 3.8) is 0 Å². The zero-order valence-electron chi connectivity index (χ0n) is 11.4. The Morgan fingerprint density at radius 1 is 1.38 bits per heavy atom. The maximum absolute atomic E-state index is 5.93. The Morgan fingerprint density at radius 2 is 2.06 bits per heavy atom. The van der Waals surface area contributed by atoms with Gasteiger partial charge < -0.3 is 15.5 Å². The maximum Gasteiger partial charge on any atom is 0.0254 e. The van der Waals surface area contributed by atoms with Gasteiger partial charge in [-0.2, -0.15) is 0 Å². The molecule has 3 unspecified atom stereocenters. The van der Waals surface area contributed by atoms with Crippen LogP contribution in [0.15, 0.2) is 0 Å². The Bertz CT molecular complexity index is 194. The van der Waals surface area contributed by atoms with E-state index >= 15 is 0 Å². The minimum Gasteiger partial charge on any atom is -0.328 e. The van der Waals surface area contributed by atoms with Gasteiger partial charge in [0.1, 0.15) is 0 Å². The van der Waals surface area contributed by atoms with Gasteiger partial charge in [-0.25, -0.2) is 0 Å². The number of likely N-dealkylation sites (tertiary alicyclic amines) is 1. The number of likely N-dealkylation sites (N-methyl/N-ethyl adjacent to an activating group) is 1. The molecule has 0 radical (unpaired) electrons. The summed E-state index contributed by atoms with van der Waals surface area (Å²) in [5, 5.41) is 0. The Labute approximate surface area is 101 Å². The summed E-state index contributed by atoms with van der Waals surface area (Å²) in [4.78, 5) is 4.96. The van der Waals surface area contributed by atoms with Gasteiger partial charge in [0, 0.05) is 25.2 Å². The summed E-state index contributed by atoms with van der Waals surface area (Å²) in [6.45, 7) is 8.25. The molecule has 0 spiro atoms. The predicted molar refractivity (Wildman–Crippen MR) is 70.6 cm³/mol. The molecule has 1 heterocycles. The standard InChI is InChI=1S/C13H29N3/c1-5-12(14)7-6-8-16-9-11(2)13(10-16)15(3)4/h11-13H,5-10,14H2,1-4H3. The van der Waals surface area contributed by atoms with E-state index < -0.39 is 0 Å². The number of hydrogen-bond donors (Lipinski definition) is 1. The third kappa shape index (κ3) is 4.04. The molecule has 0 aromatic carbocycles. The van der Waals surface area contributed by atoms with Gasteiger partial charge >= 0.3 is 0 Å². The second-order valence-corrected chi connectivity index (χ2v) is 5.58. The molecule has 0 aromatic heterocycles. The van der Waals surface area contributed by atoms with Gasteiger partial charge in [-0.3, -0.25) is 0 Å². The predicted octanol–water partition coefficient (Wildman–Crippen LogP) is 1.39. The number of hydrogen-bond acceptors (Lipinski definition) is 3. The molecule has 0 aliphatic carbocycles. The first-order chi connectivity index (χ1) is 7.54. The van der Waals surface area contributed by atoms with E-state index in [1.165, 1.54) is 32.5 Å². The minimum atomic E-state index is 0.407. The molecule has 1 rings (SSSR count). The summed E-state index contributed by atoms with van der Waals surface area (Å²) in [6.07, 6.45) is 3.53. The van der Waals surface area contributed by atoms with Crippen LogP contribution >= 0.6 is 0 Å². The molecule has 1 aliphatic heterocycles. The molecule has 3 heteroatoms. The van der Waals surface area contributed by atoms with Crippen molar-refractivity contribution in [3.05, 3.63) is 0 Å². The maximum atomic E-state index is 5.93. The van der Waals surface area contributed by atoms with Crippen LogP contribution in [0.25, 0.3) is 0 Å². The lowest BCUT2D eigenvalue weighted by molar-refractivity contribution is 0.250. The summed E-state index contributed by atoms with van der Waals surface area (Å²) in [6, 6.07) is 1.14. The Morgan fingerprint density at radius 3 is 2.56 bits per heavy atom. The van der Waals surface area contributed by atoms with Gasteiger partial charge in [-0.05, 0) is 45.8 Å². The lowest BCUT2D eigenvalue weighted by Crippen LogP contribution is -2.34. The lowest BCUT2D eigenvalue weighted by atomic mass is 10.1. The fourth-order valence-corrected chi connectivity index (χ4v) is 2.68. The molecule has 0 aromatic rings. The number of nitrogens with two attached hydrogens (primary N) is 1. The van der Waals surface area contributed by atoms with Gasteiger partial charge in [0.25, 0.3) is 0 Å². The van der Waals surface area contributed by atoms with E-state index in [2.05, 4.69) is 37.7 Å². The first kappa shape index (κ1) is 13.9. The largest absolute Gasteiger partial charge is 0.328 e. The molecule has 3 atom stereocenters. The molecular formula is C13H29N3. The Hall–Kier alpha value is -0.120. The van der Waals surface area contributed by atoms with Crippen LogP contribution in [0.5, 0.6) is 0 Å². The monoisotopic (exact) mass is 227 g/mol.